The first-order valence-electron chi connectivity index (χ1n) is 13.1. The van der Waals surface area contributed by atoms with E-state index in [4.69, 9.17) is 10.5 Å². The molecule has 0 saturated heterocycles. The zero-order valence-corrected chi connectivity index (χ0v) is 23.1. The van der Waals surface area contributed by atoms with Crippen LogP contribution in [0.3, 0.4) is 0 Å². The molecule has 10 nitrogen and oxygen atoms in total. The molecule has 0 saturated carbocycles. The van der Waals surface area contributed by atoms with Crippen molar-refractivity contribution in [3.05, 3.63) is 65.7 Å². The molecule has 0 fully saturated rings. The monoisotopic (exact) mass is 540 g/mol. The smallest absolute Gasteiger partial charge is 0.408 e. The van der Waals surface area contributed by atoms with Crippen LogP contribution >= 0.6 is 0 Å². The summed E-state index contributed by atoms with van der Waals surface area (Å²) in [4.78, 5) is 53.4. The number of ether oxygens (including phenoxy) is 1. The van der Waals surface area contributed by atoms with Gasteiger partial charge in [-0.3, -0.25) is 14.4 Å². The van der Waals surface area contributed by atoms with E-state index in [1.807, 2.05) is 37.3 Å². The van der Waals surface area contributed by atoms with Crippen LogP contribution in [0.15, 0.2) is 54.6 Å². The number of benzene rings is 2. The van der Waals surface area contributed by atoms with Gasteiger partial charge >= 0.3 is 6.09 Å². The normalized spacial score (nSPS) is 12.6. The van der Waals surface area contributed by atoms with Crippen LogP contribution in [0.5, 0.6) is 5.75 Å². The van der Waals surface area contributed by atoms with Gasteiger partial charge in [-0.15, -0.1) is 0 Å². The van der Waals surface area contributed by atoms with Crippen LogP contribution in [0.2, 0.25) is 0 Å². The largest absolute Gasteiger partial charge is 0.508 e. The van der Waals surface area contributed by atoms with Crippen molar-refractivity contribution >= 4 is 23.8 Å². The number of rotatable bonds is 13. The Morgan fingerprint density at radius 1 is 1.00 bits per heavy atom. The number of nitrogens with zero attached hydrogens (tertiary/aromatic N) is 1. The predicted octanol–water partition coefficient (Wildman–Crippen LogP) is 3.54. The molecule has 39 heavy (non-hydrogen) atoms. The Morgan fingerprint density at radius 3 is 2.21 bits per heavy atom. The predicted molar refractivity (Wildman–Crippen MR) is 147 cm³/mol. The molecule has 2 aromatic rings. The van der Waals surface area contributed by atoms with E-state index in [0.717, 1.165) is 18.4 Å². The molecule has 0 aliphatic carbocycles. The van der Waals surface area contributed by atoms with Gasteiger partial charge in [0.05, 0.1) is 6.42 Å². The van der Waals surface area contributed by atoms with Crippen molar-refractivity contribution in [1.29, 1.82) is 0 Å². The highest BCUT2D eigenvalue weighted by Gasteiger charge is 2.36. The van der Waals surface area contributed by atoms with Crippen molar-refractivity contribution < 1.29 is 29.0 Å². The third-order valence-corrected chi connectivity index (χ3v) is 5.76. The first-order valence-corrected chi connectivity index (χ1v) is 13.1. The fraction of sp³-hybridized carbons (Fsp3) is 0.448. The van der Waals surface area contributed by atoms with Gasteiger partial charge in [0, 0.05) is 13.1 Å². The second-order valence-electron chi connectivity index (χ2n) is 10.3. The molecule has 0 aromatic heterocycles. The summed E-state index contributed by atoms with van der Waals surface area (Å²) in [6, 6.07) is 12.9. The van der Waals surface area contributed by atoms with E-state index in [2.05, 4.69) is 10.6 Å². The van der Waals surface area contributed by atoms with Crippen molar-refractivity contribution in [3.8, 4) is 5.75 Å². The zero-order chi connectivity index (χ0) is 29.0. The standard InChI is InChI=1S/C29H40N4O6/c1-5-6-10-17-33(27(37)23(18-24(30)35)32-28(38)39-29(2,3)4)25(21-13-15-22(34)16-14-21)26(36)31-19-20-11-8-7-9-12-20/h7-9,11-16,23,25,34H,5-6,10,17-19H2,1-4H3,(H2,30,35)(H,31,36)(H,32,38). The summed E-state index contributed by atoms with van der Waals surface area (Å²) in [6.07, 6.45) is 0.879. The quantitative estimate of drug-likeness (QED) is 0.285. The van der Waals surface area contributed by atoms with Crippen LogP contribution < -0.4 is 16.4 Å². The molecule has 4 amide bonds. The number of phenolic OH excluding ortho intramolecular Hbond substituents is 1. The third kappa shape index (κ3) is 10.7. The van der Waals surface area contributed by atoms with Crippen LogP contribution in [0, 0.1) is 0 Å². The molecule has 0 heterocycles. The zero-order valence-electron chi connectivity index (χ0n) is 23.1. The van der Waals surface area contributed by atoms with Crippen molar-refractivity contribution in [3.63, 3.8) is 0 Å². The summed E-state index contributed by atoms with van der Waals surface area (Å²) < 4.78 is 5.29. The lowest BCUT2D eigenvalue weighted by atomic mass is 10.0. The van der Waals surface area contributed by atoms with E-state index in [0.29, 0.717) is 12.0 Å². The van der Waals surface area contributed by atoms with Gasteiger partial charge in [-0.2, -0.15) is 0 Å². The molecule has 2 aromatic carbocycles. The summed E-state index contributed by atoms with van der Waals surface area (Å²) in [5.41, 5.74) is 5.92. The number of primary amides is 1. The van der Waals surface area contributed by atoms with Gasteiger partial charge < -0.3 is 31.1 Å². The summed E-state index contributed by atoms with van der Waals surface area (Å²) in [6.45, 7) is 7.44. The maximum Gasteiger partial charge on any atom is 0.408 e. The van der Waals surface area contributed by atoms with E-state index < -0.39 is 47.9 Å². The SMILES string of the molecule is CCCCCN(C(=O)C(CC(N)=O)NC(=O)OC(C)(C)C)C(C(=O)NCc1ccccc1)c1ccc(O)cc1. The summed E-state index contributed by atoms with van der Waals surface area (Å²) in [5.74, 6) is -1.90. The van der Waals surface area contributed by atoms with Gasteiger partial charge in [-0.1, -0.05) is 62.2 Å². The molecule has 0 radical (unpaired) electrons. The van der Waals surface area contributed by atoms with Gasteiger partial charge in [-0.05, 0) is 50.5 Å². The van der Waals surface area contributed by atoms with E-state index >= 15 is 0 Å². The van der Waals surface area contributed by atoms with Crippen molar-refractivity contribution in [2.45, 2.75) is 77.6 Å². The van der Waals surface area contributed by atoms with Crippen LogP contribution in [-0.4, -0.2) is 52.0 Å². The molecule has 10 heteroatoms. The lowest BCUT2D eigenvalue weighted by molar-refractivity contribution is -0.143. The molecule has 2 atom stereocenters. The molecule has 2 unspecified atom stereocenters. The Kier molecular flexibility index (Phi) is 11.8. The second-order valence-corrected chi connectivity index (χ2v) is 10.3. The molecule has 212 valence electrons. The maximum absolute atomic E-state index is 14.0. The van der Waals surface area contributed by atoms with Crippen LogP contribution in [-0.2, 0) is 25.7 Å². The minimum Gasteiger partial charge on any atom is -0.508 e. The van der Waals surface area contributed by atoms with E-state index in [1.54, 1.807) is 32.9 Å². The van der Waals surface area contributed by atoms with Crippen LogP contribution in [0.4, 0.5) is 4.79 Å². The number of carbonyl (C=O) groups is 4. The number of hydrogen-bond donors (Lipinski definition) is 4. The van der Waals surface area contributed by atoms with Crippen molar-refractivity contribution in [2.75, 3.05) is 6.54 Å². The third-order valence-electron chi connectivity index (χ3n) is 5.76. The number of hydrogen-bond acceptors (Lipinski definition) is 6. The number of nitrogens with two attached hydrogens (primary N) is 1. The number of nitrogens with one attached hydrogen (secondary N) is 2. The Morgan fingerprint density at radius 2 is 1.64 bits per heavy atom. The van der Waals surface area contributed by atoms with Gasteiger partial charge in [-0.25, -0.2) is 4.79 Å². The van der Waals surface area contributed by atoms with E-state index in [1.165, 1.54) is 17.0 Å². The number of phenols is 1. The molecule has 2 rings (SSSR count). The van der Waals surface area contributed by atoms with Crippen LogP contribution in [0.25, 0.3) is 0 Å². The number of carbonyl (C=O) groups excluding carboxylic acids is 4. The Balaban J connectivity index is 2.46. The average Bonchev–Trinajstić information content (AvgIpc) is 2.86. The second kappa shape index (κ2) is 14.8. The lowest BCUT2D eigenvalue weighted by Gasteiger charge is -2.34. The first-order chi connectivity index (χ1) is 18.4. The number of amides is 4. The molecular weight excluding hydrogens is 500 g/mol. The highest BCUT2D eigenvalue weighted by atomic mass is 16.6. The number of unbranched alkanes of at least 4 members (excludes halogenated alkanes) is 2. The van der Waals surface area contributed by atoms with Gasteiger partial charge in [0.2, 0.25) is 17.7 Å². The lowest BCUT2D eigenvalue weighted by Crippen LogP contribution is -2.54. The van der Waals surface area contributed by atoms with E-state index in [9.17, 15) is 24.3 Å². The van der Waals surface area contributed by atoms with Crippen molar-refractivity contribution in [2.24, 2.45) is 5.73 Å². The molecule has 0 spiro atoms. The molecule has 0 bridgehead atoms. The molecule has 0 aliphatic heterocycles. The van der Waals surface area contributed by atoms with Gasteiger partial charge in [0.1, 0.15) is 23.4 Å². The summed E-state index contributed by atoms with van der Waals surface area (Å²) in [7, 11) is 0. The van der Waals surface area contributed by atoms with Crippen LogP contribution in [0.1, 0.15) is 70.5 Å². The molecule has 5 N–H and O–H groups in total. The fourth-order valence-corrected chi connectivity index (χ4v) is 3.96. The highest BCUT2D eigenvalue weighted by Crippen LogP contribution is 2.26. The maximum atomic E-state index is 14.0. The van der Waals surface area contributed by atoms with Gasteiger partial charge in [0.15, 0.2) is 0 Å². The van der Waals surface area contributed by atoms with Gasteiger partial charge in [0.25, 0.3) is 0 Å². The summed E-state index contributed by atoms with van der Waals surface area (Å²) >= 11 is 0. The minimum atomic E-state index is -1.35. The number of alkyl carbamates (subject to hydrolysis) is 1. The topological polar surface area (TPSA) is 151 Å². The fourth-order valence-electron chi connectivity index (χ4n) is 3.96. The minimum absolute atomic E-state index is 0.00394. The van der Waals surface area contributed by atoms with Crippen molar-refractivity contribution in [1.82, 2.24) is 15.5 Å². The highest BCUT2D eigenvalue weighted by molar-refractivity contribution is 5.94. The first kappa shape index (κ1) is 31.1. The molecule has 0 aliphatic rings. The van der Waals surface area contributed by atoms with E-state index in [-0.39, 0.29) is 18.8 Å². The number of aromatic hydroxyl groups is 1. The summed E-state index contributed by atoms with van der Waals surface area (Å²) in [5, 5.41) is 15.2. The average molecular weight is 541 g/mol. The Labute approximate surface area is 229 Å². The Hall–Kier alpha value is -4.08. The molecular formula is C29H40N4O6. The Bertz CT molecular complexity index is 1100.